The van der Waals surface area contributed by atoms with Gasteiger partial charge in [-0.15, -0.1) is 0 Å². The van der Waals surface area contributed by atoms with Gasteiger partial charge in [-0.2, -0.15) is 0 Å². The molecule has 0 aliphatic rings. The maximum atomic E-state index is 13.4. The third-order valence-electron chi connectivity index (χ3n) is 4.69. The average Bonchev–Trinajstić information content (AvgIpc) is 2.67. The first-order valence-electron chi connectivity index (χ1n) is 9.17. The normalized spacial score (nSPS) is 11.7. The summed E-state index contributed by atoms with van der Waals surface area (Å²) in [5, 5.41) is 12.0. The van der Waals surface area contributed by atoms with Crippen LogP contribution >= 0.6 is 0 Å². The summed E-state index contributed by atoms with van der Waals surface area (Å²) in [6.07, 6.45) is -0.243. The van der Waals surface area contributed by atoms with E-state index in [0.29, 0.717) is 11.3 Å². The third-order valence-corrected chi connectivity index (χ3v) is 4.69. The minimum atomic E-state index is -1.01. The third kappa shape index (κ3) is 4.85. The predicted octanol–water partition coefficient (Wildman–Crippen LogP) is 4.45. The van der Waals surface area contributed by atoms with Crippen molar-refractivity contribution in [1.82, 2.24) is 10.3 Å². The van der Waals surface area contributed by atoms with Crippen molar-refractivity contribution in [3.8, 4) is 11.3 Å². The molecule has 0 bridgehead atoms. The highest BCUT2D eigenvalue weighted by molar-refractivity contribution is 5.93. The highest BCUT2D eigenvalue weighted by Gasteiger charge is 2.21. The van der Waals surface area contributed by atoms with Crippen molar-refractivity contribution in [2.24, 2.45) is 0 Å². The fourth-order valence-corrected chi connectivity index (χ4v) is 3.25. The zero-order valence-electron chi connectivity index (χ0n) is 16.1. The minimum Gasteiger partial charge on any atom is -0.481 e. The molecule has 0 aliphatic carbocycles. The summed E-state index contributed by atoms with van der Waals surface area (Å²) in [7, 11) is 0. The lowest BCUT2D eigenvalue weighted by Crippen LogP contribution is -2.31. The molecule has 1 aromatic heterocycles. The van der Waals surface area contributed by atoms with Crippen LogP contribution in [0, 0.1) is 19.7 Å². The standard InChI is InChI=1S/C23H21FN2O3/c1-14-6-3-4-7-17(14)21(13-22(27)28)26-23(29)20-9-5-8-19(25-20)18-11-10-16(24)12-15(18)2/h3-12,21H,13H2,1-2H3,(H,26,29)(H,27,28)/t21-/m0/s1. The van der Waals surface area contributed by atoms with E-state index in [-0.39, 0.29) is 17.9 Å². The number of rotatable bonds is 6. The number of carbonyl (C=O) groups excluding carboxylic acids is 1. The quantitative estimate of drug-likeness (QED) is 0.650. The maximum Gasteiger partial charge on any atom is 0.305 e. The molecule has 6 heteroatoms. The number of nitrogens with one attached hydrogen (secondary N) is 1. The number of carboxylic acids is 1. The average molecular weight is 392 g/mol. The summed E-state index contributed by atoms with van der Waals surface area (Å²) in [6.45, 7) is 3.64. The molecular weight excluding hydrogens is 371 g/mol. The van der Waals surface area contributed by atoms with E-state index < -0.39 is 17.9 Å². The van der Waals surface area contributed by atoms with Crippen LogP contribution in [0.15, 0.2) is 60.7 Å². The summed E-state index contributed by atoms with van der Waals surface area (Å²) in [5.41, 5.74) is 3.77. The Balaban J connectivity index is 1.89. The second kappa shape index (κ2) is 8.65. The first-order chi connectivity index (χ1) is 13.8. The molecule has 5 nitrogen and oxygen atoms in total. The van der Waals surface area contributed by atoms with Crippen molar-refractivity contribution in [2.45, 2.75) is 26.3 Å². The molecule has 0 spiro atoms. The van der Waals surface area contributed by atoms with E-state index >= 15 is 0 Å². The molecule has 0 radical (unpaired) electrons. The van der Waals surface area contributed by atoms with Crippen LogP contribution in [0.1, 0.15) is 39.6 Å². The van der Waals surface area contributed by atoms with E-state index in [1.165, 1.54) is 12.1 Å². The highest BCUT2D eigenvalue weighted by Crippen LogP contribution is 2.24. The molecular formula is C23H21FN2O3. The Labute approximate surface area is 168 Å². The van der Waals surface area contributed by atoms with Crippen LogP contribution in [0.5, 0.6) is 0 Å². The van der Waals surface area contributed by atoms with Crippen LogP contribution in [0.3, 0.4) is 0 Å². The van der Waals surface area contributed by atoms with Gasteiger partial charge in [0.15, 0.2) is 0 Å². The van der Waals surface area contributed by atoms with Crippen LogP contribution in [-0.4, -0.2) is 22.0 Å². The lowest BCUT2D eigenvalue weighted by Gasteiger charge is -2.19. The Morgan fingerprint density at radius 2 is 1.79 bits per heavy atom. The zero-order valence-corrected chi connectivity index (χ0v) is 16.1. The first kappa shape index (κ1) is 20.2. The van der Waals surface area contributed by atoms with Gasteiger partial charge in [0.05, 0.1) is 18.2 Å². The van der Waals surface area contributed by atoms with Gasteiger partial charge < -0.3 is 10.4 Å². The number of aliphatic carboxylic acids is 1. The molecule has 1 amide bonds. The number of aryl methyl sites for hydroxylation is 2. The molecule has 1 atom stereocenters. The molecule has 148 valence electrons. The summed E-state index contributed by atoms with van der Waals surface area (Å²) in [4.78, 5) is 28.5. The summed E-state index contributed by atoms with van der Waals surface area (Å²) < 4.78 is 13.4. The summed E-state index contributed by atoms with van der Waals surface area (Å²) in [6, 6.07) is 16.0. The van der Waals surface area contributed by atoms with Gasteiger partial charge in [0.1, 0.15) is 11.5 Å². The van der Waals surface area contributed by atoms with Crippen LogP contribution in [0.25, 0.3) is 11.3 Å². The van der Waals surface area contributed by atoms with E-state index in [9.17, 15) is 19.1 Å². The van der Waals surface area contributed by atoms with Gasteiger partial charge >= 0.3 is 5.97 Å². The highest BCUT2D eigenvalue weighted by atomic mass is 19.1. The number of amides is 1. The van der Waals surface area contributed by atoms with Crippen LogP contribution in [0.2, 0.25) is 0 Å². The zero-order chi connectivity index (χ0) is 21.0. The topological polar surface area (TPSA) is 79.3 Å². The van der Waals surface area contributed by atoms with Crippen LogP contribution in [-0.2, 0) is 4.79 Å². The molecule has 0 unspecified atom stereocenters. The van der Waals surface area contributed by atoms with E-state index in [1.54, 1.807) is 43.3 Å². The van der Waals surface area contributed by atoms with Gasteiger partial charge in [-0.3, -0.25) is 9.59 Å². The van der Waals surface area contributed by atoms with Gasteiger partial charge in [-0.1, -0.05) is 30.3 Å². The van der Waals surface area contributed by atoms with Crippen LogP contribution < -0.4 is 5.32 Å². The van der Waals surface area contributed by atoms with Gasteiger partial charge in [0.2, 0.25) is 0 Å². The number of benzene rings is 2. The minimum absolute atomic E-state index is 0.162. The fourth-order valence-electron chi connectivity index (χ4n) is 3.25. The lowest BCUT2D eigenvalue weighted by molar-refractivity contribution is -0.137. The molecule has 0 fully saturated rings. The Kier molecular flexibility index (Phi) is 6.02. The molecule has 29 heavy (non-hydrogen) atoms. The molecule has 0 saturated heterocycles. The smallest absolute Gasteiger partial charge is 0.305 e. The SMILES string of the molecule is Cc1cc(F)ccc1-c1cccc(C(=O)N[C@@H](CC(=O)O)c2ccccc2C)n1. The van der Waals surface area contributed by atoms with Crippen molar-refractivity contribution in [2.75, 3.05) is 0 Å². The predicted molar refractivity (Wildman–Crippen MR) is 108 cm³/mol. The monoisotopic (exact) mass is 392 g/mol. The van der Waals surface area contributed by atoms with Crippen molar-refractivity contribution in [3.05, 3.63) is 88.9 Å². The maximum absolute atomic E-state index is 13.4. The van der Waals surface area contributed by atoms with Crippen LogP contribution in [0.4, 0.5) is 4.39 Å². The molecule has 3 aromatic rings. The van der Waals surface area contributed by atoms with E-state index in [1.807, 2.05) is 19.1 Å². The number of carbonyl (C=O) groups is 2. The largest absolute Gasteiger partial charge is 0.481 e. The Hall–Kier alpha value is -3.54. The number of hydrogen-bond acceptors (Lipinski definition) is 3. The molecule has 2 aromatic carbocycles. The number of pyridine rings is 1. The molecule has 0 saturated carbocycles. The van der Waals surface area contributed by atoms with Crippen molar-refractivity contribution >= 4 is 11.9 Å². The van der Waals surface area contributed by atoms with E-state index in [2.05, 4.69) is 10.3 Å². The Bertz CT molecular complexity index is 1070. The number of aromatic nitrogens is 1. The second-order valence-electron chi connectivity index (χ2n) is 6.85. The Morgan fingerprint density at radius 1 is 1.03 bits per heavy atom. The number of carboxylic acid groups (broad SMARTS) is 1. The second-order valence-corrected chi connectivity index (χ2v) is 6.85. The fraction of sp³-hybridized carbons (Fsp3) is 0.174. The number of halogens is 1. The van der Waals surface area contributed by atoms with E-state index in [0.717, 1.165) is 16.7 Å². The van der Waals surface area contributed by atoms with Crippen molar-refractivity contribution in [1.29, 1.82) is 0 Å². The lowest BCUT2D eigenvalue weighted by atomic mass is 9.98. The van der Waals surface area contributed by atoms with Gasteiger partial charge in [-0.25, -0.2) is 9.37 Å². The summed E-state index contributed by atoms with van der Waals surface area (Å²) in [5.74, 6) is -1.82. The molecule has 1 heterocycles. The van der Waals surface area contributed by atoms with Crippen molar-refractivity contribution in [3.63, 3.8) is 0 Å². The first-order valence-corrected chi connectivity index (χ1v) is 9.17. The molecule has 3 rings (SSSR count). The Morgan fingerprint density at radius 3 is 2.48 bits per heavy atom. The number of hydrogen-bond donors (Lipinski definition) is 2. The van der Waals surface area contributed by atoms with Gasteiger partial charge in [0.25, 0.3) is 5.91 Å². The number of nitrogens with zero attached hydrogens (tertiary/aromatic N) is 1. The summed E-state index contributed by atoms with van der Waals surface area (Å²) >= 11 is 0. The van der Waals surface area contributed by atoms with Gasteiger partial charge in [-0.05, 0) is 60.9 Å². The van der Waals surface area contributed by atoms with E-state index in [4.69, 9.17) is 0 Å². The molecule has 2 N–H and O–H groups in total. The molecule has 0 aliphatic heterocycles. The van der Waals surface area contributed by atoms with Crippen molar-refractivity contribution < 1.29 is 19.1 Å². The van der Waals surface area contributed by atoms with Gasteiger partial charge in [0, 0.05) is 5.56 Å².